The molecule has 32 heavy (non-hydrogen) atoms. The minimum absolute atomic E-state index is 0.122. The fourth-order valence-corrected chi connectivity index (χ4v) is 3.51. The van der Waals surface area contributed by atoms with Gasteiger partial charge in [-0.2, -0.15) is 0 Å². The number of ether oxygens (including phenoxy) is 1. The van der Waals surface area contributed by atoms with E-state index in [4.69, 9.17) is 4.74 Å². The second-order valence-corrected chi connectivity index (χ2v) is 8.29. The smallest absolute Gasteiger partial charge is 0.270 e. The van der Waals surface area contributed by atoms with E-state index in [0.29, 0.717) is 17.2 Å². The van der Waals surface area contributed by atoms with Crippen LogP contribution in [0.15, 0.2) is 36.7 Å². The number of nitrogens with one attached hydrogen (secondary N) is 1. The highest BCUT2D eigenvalue weighted by Crippen LogP contribution is 2.38. The van der Waals surface area contributed by atoms with E-state index >= 15 is 0 Å². The molecular weight excluding hydrogens is 415 g/mol. The number of pyridine rings is 1. The maximum absolute atomic E-state index is 14.8. The minimum Gasteiger partial charge on any atom is -0.476 e. The third kappa shape index (κ3) is 3.68. The van der Waals surface area contributed by atoms with Crippen LogP contribution in [0, 0.1) is 5.82 Å². The lowest BCUT2D eigenvalue weighted by Gasteiger charge is -2.37. The van der Waals surface area contributed by atoms with E-state index in [0.717, 1.165) is 6.07 Å². The fraction of sp³-hybridized carbons (Fsp3) is 0.318. The first-order chi connectivity index (χ1) is 15.1. The predicted octanol–water partition coefficient (Wildman–Crippen LogP) is 3.45. The Morgan fingerprint density at radius 1 is 1.25 bits per heavy atom. The van der Waals surface area contributed by atoms with E-state index in [9.17, 15) is 14.0 Å². The largest absolute Gasteiger partial charge is 0.476 e. The molecule has 0 unspecified atom stereocenters. The summed E-state index contributed by atoms with van der Waals surface area (Å²) in [5.41, 5.74) is -0.531. The van der Waals surface area contributed by atoms with Crippen LogP contribution in [0.25, 0.3) is 11.5 Å². The number of hydrogen-bond acceptors (Lipinski definition) is 6. The molecule has 1 aromatic carbocycles. The molecule has 1 N–H and O–H groups in total. The van der Waals surface area contributed by atoms with Gasteiger partial charge in [-0.25, -0.2) is 9.37 Å². The summed E-state index contributed by atoms with van der Waals surface area (Å²) in [6.07, 6.45) is 1.61. The Morgan fingerprint density at radius 2 is 2.00 bits per heavy atom. The normalized spacial score (nSPS) is 14.8. The molecule has 3 aromatic rings. The van der Waals surface area contributed by atoms with Crippen molar-refractivity contribution in [1.82, 2.24) is 19.7 Å². The molecule has 4 rings (SSSR count). The summed E-state index contributed by atoms with van der Waals surface area (Å²) < 4.78 is 22.3. The van der Waals surface area contributed by atoms with Crippen LogP contribution >= 0.6 is 0 Å². The molecule has 9 nitrogen and oxygen atoms in total. The van der Waals surface area contributed by atoms with Crippen molar-refractivity contribution in [2.45, 2.75) is 39.3 Å². The third-order valence-corrected chi connectivity index (χ3v) is 5.19. The molecule has 0 spiro atoms. The molecule has 1 aliphatic heterocycles. The van der Waals surface area contributed by atoms with Crippen molar-refractivity contribution in [3.63, 3.8) is 0 Å². The average molecular weight is 438 g/mol. The van der Waals surface area contributed by atoms with Crippen molar-refractivity contribution in [3.05, 3.63) is 48.0 Å². The molecular formula is C22H23FN6O3. The number of anilines is 2. The van der Waals surface area contributed by atoms with Crippen molar-refractivity contribution in [2.75, 3.05) is 17.3 Å². The minimum atomic E-state index is -1.13. The fourth-order valence-electron chi connectivity index (χ4n) is 3.51. The highest BCUT2D eigenvalue weighted by Gasteiger charge is 2.40. The average Bonchev–Trinajstić information content (AvgIpc) is 3.22. The van der Waals surface area contributed by atoms with Gasteiger partial charge in [0.15, 0.2) is 11.4 Å². The zero-order valence-electron chi connectivity index (χ0n) is 18.4. The van der Waals surface area contributed by atoms with Gasteiger partial charge in [-0.05, 0) is 45.9 Å². The van der Waals surface area contributed by atoms with Crippen LogP contribution in [-0.2, 0) is 4.79 Å². The summed E-state index contributed by atoms with van der Waals surface area (Å²) in [5, 5.41) is 10.6. The molecule has 0 saturated heterocycles. The quantitative estimate of drug-likeness (QED) is 0.669. The van der Waals surface area contributed by atoms with E-state index in [2.05, 4.69) is 20.5 Å². The predicted molar refractivity (Wildman–Crippen MR) is 116 cm³/mol. The zero-order chi connectivity index (χ0) is 23.2. The number of amides is 2. The van der Waals surface area contributed by atoms with Crippen LogP contribution in [0.5, 0.6) is 5.75 Å². The number of carbonyl (C=O) groups excluding carboxylic acids is 2. The van der Waals surface area contributed by atoms with Crippen LogP contribution < -0.4 is 15.0 Å². The summed E-state index contributed by atoms with van der Waals surface area (Å²) >= 11 is 0. The van der Waals surface area contributed by atoms with Crippen LogP contribution in [0.3, 0.4) is 0 Å². The van der Waals surface area contributed by atoms with Gasteiger partial charge in [-0.1, -0.05) is 6.07 Å². The maximum Gasteiger partial charge on any atom is 0.270 e. The van der Waals surface area contributed by atoms with E-state index in [1.807, 2.05) is 18.4 Å². The number of carbonyl (C=O) groups is 2. The van der Waals surface area contributed by atoms with Crippen molar-refractivity contribution in [2.24, 2.45) is 0 Å². The van der Waals surface area contributed by atoms with E-state index in [1.54, 1.807) is 45.4 Å². The number of benzene rings is 1. The summed E-state index contributed by atoms with van der Waals surface area (Å²) in [5.74, 6) is -0.798. The van der Waals surface area contributed by atoms with Gasteiger partial charge in [-0.3, -0.25) is 9.59 Å². The van der Waals surface area contributed by atoms with E-state index in [-0.39, 0.29) is 29.1 Å². The summed E-state index contributed by atoms with van der Waals surface area (Å²) in [6.45, 7) is 7.19. The van der Waals surface area contributed by atoms with Gasteiger partial charge in [-0.15, -0.1) is 10.2 Å². The maximum atomic E-state index is 14.8. The summed E-state index contributed by atoms with van der Waals surface area (Å²) in [4.78, 5) is 31.1. The van der Waals surface area contributed by atoms with Gasteiger partial charge < -0.3 is 19.5 Å². The van der Waals surface area contributed by atoms with Gasteiger partial charge in [0.1, 0.15) is 29.4 Å². The van der Waals surface area contributed by atoms with Gasteiger partial charge >= 0.3 is 0 Å². The van der Waals surface area contributed by atoms with E-state index in [1.165, 1.54) is 11.0 Å². The molecule has 1 aliphatic rings. The van der Waals surface area contributed by atoms with E-state index < -0.39 is 17.3 Å². The summed E-state index contributed by atoms with van der Waals surface area (Å²) in [6, 6.07) is 7.59. The van der Waals surface area contributed by atoms with Crippen LogP contribution in [0.2, 0.25) is 0 Å². The standard InChI is InChI=1S/C22H23FN6O3/c1-12(2)29-11-24-27-19(29)15-7-6-8-18(25-15)26-20(30)13-9-16-17(10-14(13)23)32-22(3,4)21(31)28(16)5/h6-12H,1-5H3,(H,25,26,30). The van der Waals surface area contributed by atoms with Gasteiger partial charge in [0.25, 0.3) is 11.8 Å². The molecule has 2 amide bonds. The number of likely N-dealkylation sites (N-methyl/N-ethyl adjacent to an activating group) is 1. The Morgan fingerprint density at radius 3 is 2.72 bits per heavy atom. The van der Waals surface area contributed by atoms with Crippen molar-refractivity contribution in [1.29, 1.82) is 0 Å². The lowest BCUT2D eigenvalue weighted by Crippen LogP contribution is -2.51. The number of hydrogen-bond donors (Lipinski definition) is 1. The Kier molecular flexibility index (Phi) is 5.15. The highest BCUT2D eigenvalue weighted by molar-refractivity contribution is 6.07. The monoisotopic (exact) mass is 438 g/mol. The highest BCUT2D eigenvalue weighted by atomic mass is 19.1. The topological polar surface area (TPSA) is 102 Å². The second-order valence-electron chi connectivity index (χ2n) is 8.29. The lowest BCUT2D eigenvalue weighted by molar-refractivity contribution is -0.132. The Hall–Kier alpha value is -3.82. The first-order valence-electron chi connectivity index (χ1n) is 10.1. The second kappa shape index (κ2) is 7.70. The lowest BCUT2D eigenvalue weighted by atomic mass is 10.0. The van der Waals surface area contributed by atoms with Crippen LogP contribution in [-0.4, -0.2) is 44.2 Å². The molecule has 3 heterocycles. The van der Waals surface area contributed by atoms with Gasteiger partial charge in [0, 0.05) is 19.2 Å². The van der Waals surface area contributed by atoms with Crippen molar-refractivity contribution >= 4 is 23.3 Å². The van der Waals surface area contributed by atoms with Gasteiger partial charge in [0.2, 0.25) is 0 Å². The SMILES string of the molecule is CC(C)n1cnnc1-c1cccc(NC(=O)c2cc3c(cc2F)OC(C)(C)C(=O)N3C)n1. The van der Waals surface area contributed by atoms with Crippen LogP contribution in [0.1, 0.15) is 44.1 Å². The molecule has 166 valence electrons. The number of fused-ring (bicyclic) bond motifs is 1. The Labute approximate surface area is 184 Å². The molecule has 0 bridgehead atoms. The molecule has 0 radical (unpaired) electrons. The molecule has 0 saturated carbocycles. The first-order valence-corrected chi connectivity index (χ1v) is 10.1. The molecule has 0 fully saturated rings. The molecule has 10 heteroatoms. The number of aromatic nitrogens is 4. The number of rotatable bonds is 4. The first kappa shape index (κ1) is 21.4. The van der Waals surface area contributed by atoms with Crippen molar-refractivity contribution < 1.29 is 18.7 Å². The zero-order valence-corrected chi connectivity index (χ0v) is 18.4. The Bertz CT molecular complexity index is 1220. The third-order valence-electron chi connectivity index (χ3n) is 5.19. The molecule has 2 aromatic heterocycles. The van der Waals surface area contributed by atoms with Gasteiger partial charge in [0.05, 0.1) is 11.3 Å². The number of halogens is 1. The summed E-state index contributed by atoms with van der Waals surface area (Å²) in [7, 11) is 1.56. The van der Waals surface area contributed by atoms with Crippen molar-refractivity contribution in [3.8, 4) is 17.3 Å². The number of nitrogens with zero attached hydrogens (tertiary/aromatic N) is 5. The Balaban J connectivity index is 1.63. The molecule has 0 aliphatic carbocycles. The molecule has 0 atom stereocenters. The van der Waals surface area contributed by atoms with Crippen LogP contribution in [0.4, 0.5) is 15.9 Å².